The molecule has 1 fully saturated rings. The van der Waals surface area contributed by atoms with Crippen LogP contribution < -0.4 is 10.6 Å². The van der Waals surface area contributed by atoms with Gasteiger partial charge in [0.05, 0.1) is 23.7 Å². The molecule has 24 heavy (non-hydrogen) atoms. The third-order valence-corrected chi connectivity index (χ3v) is 6.21. The third-order valence-electron chi connectivity index (χ3n) is 3.61. The first-order valence-corrected chi connectivity index (χ1v) is 10.6. The fourth-order valence-electron chi connectivity index (χ4n) is 2.30. The van der Waals surface area contributed by atoms with Crippen LogP contribution in [0, 0.1) is 0 Å². The number of aromatic nitrogens is 1. The van der Waals surface area contributed by atoms with Crippen LogP contribution in [-0.2, 0) is 21.8 Å². The highest BCUT2D eigenvalue weighted by atomic mass is 127. The molecular weight excluding hydrogens is 459 g/mol. The Balaban J connectivity index is 0.00000288. The van der Waals surface area contributed by atoms with Crippen molar-refractivity contribution in [2.24, 2.45) is 4.99 Å². The number of hydrogen-bond acceptors (Lipinski definition) is 5. The molecule has 0 amide bonds. The van der Waals surface area contributed by atoms with Crippen molar-refractivity contribution in [1.82, 2.24) is 15.6 Å². The van der Waals surface area contributed by atoms with Crippen LogP contribution in [0.3, 0.4) is 0 Å². The van der Waals surface area contributed by atoms with Gasteiger partial charge in [-0.1, -0.05) is 20.8 Å². The van der Waals surface area contributed by atoms with Crippen molar-refractivity contribution < 1.29 is 8.42 Å². The first kappa shape index (κ1) is 21.6. The molecule has 1 unspecified atom stereocenters. The molecule has 9 heteroatoms. The van der Waals surface area contributed by atoms with E-state index < -0.39 is 9.84 Å². The Morgan fingerprint density at radius 2 is 2.17 bits per heavy atom. The summed E-state index contributed by atoms with van der Waals surface area (Å²) in [6.45, 7) is 9.64. The Kier molecular flexibility index (Phi) is 7.92. The number of rotatable bonds is 4. The summed E-state index contributed by atoms with van der Waals surface area (Å²) in [6, 6.07) is -0.0563. The highest BCUT2D eigenvalue weighted by molar-refractivity contribution is 14.0. The average Bonchev–Trinajstić information content (AvgIpc) is 3.02. The highest BCUT2D eigenvalue weighted by Crippen LogP contribution is 2.24. The summed E-state index contributed by atoms with van der Waals surface area (Å²) < 4.78 is 23.1. The van der Waals surface area contributed by atoms with Crippen molar-refractivity contribution in [2.75, 3.05) is 18.1 Å². The van der Waals surface area contributed by atoms with Crippen LogP contribution in [0.25, 0.3) is 0 Å². The molecule has 1 aromatic rings. The number of aliphatic imine (C=N–C) groups is 1. The first-order valence-electron chi connectivity index (χ1n) is 7.90. The number of guanidine groups is 1. The summed E-state index contributed by atoms with van der Waals surface area (Å²) in [6.07, 6.45) is 0.637. The van der Waals surface area contributed by atoms with E-state index in [1.165, 1.54) is 0 Å². The van der Waals surface area contributed by atoms with Crippen LogP contribution in [-0.4, -0.2) is 43.5 Å². The van der Waals surface area contributed by atoms with Crippen molar-refractivity contribution in [2.45, 2.75) is 52.1 Å². The maximum Gasteiger partial charge on any atom is 0.191 e. The lowest BCUT2D eigenvalue weighted by molar-refractivity contribution is 0.571. The summed E-state index contributed by atoms with van der Waals surface area (Å²) in [5.41, 5.74) is 1.12. The normalized spacial score (nSPS) is 20.5. The van der Waals surface area contributed by atoms with E-state index in [1.807, 2.05) is 6.92 Å². The Hall–Kier alpha value is -0.420. The number of nitrogens with zero attached hydrogens (tertiary/aromatic N) is 2. The molecule has 0 radical (unpaired) electrons. The van der Waals surface area contributed by atoms with E-state index >= 15 is 0 Å². The Morgan fingerprint density at radius 1 is 1.46 bits per heavy atom. The number of thiazole rings is 1. The van der Waals surface area contributed by atoms with Gasteiger partial charge < -0.3 is 10.6 Å². The second kappa shape index (κ2) is 8.79. The van der Waals surface area contributed by atoms with Gasteiger partial charge in [-0.25, -0.2) is 18.4 Å². The SMILES string of the molecule is CCNC(=NCc1nc(C(C)(C)C)cs1)NC1CCS(=O)(=O)C1.I. The summed E-state index contributed by atoms with van der Waals surface area (Å²) in [5.74, 6) is 1.09. The quantitative estimate of drug-likeness (QED) is 0.388. The molecule has 2 rings (SSSR count). The minimum atomic E-state index is -2.89. The van der Waals surface area contributed by atoms with Gasteiger partial charge in [-0.05, 0) is 13.3 Å². The molecule has 1 aromatic heterocycles. The summed E-state index contributed by atoms with van der Waals surface area (Å²) >= 11 is 1.61. The van der Waals surface area contributed by atoms with Gasteiger partial charge in [-0.15, -0.1) is 35.3 Å². The summed E-state index contributed by atoms with van der Waals surface area (Å²) in [5, 5.41) is 9.42. The molecule has 1 atom stereocenters. The molecule has 1 saturated heterocycles. The van der Waals surface area contributed by atoms with E-state index in [2.05, 4.69) is 46.8 Å². The second-order valence-corrected chi connectivity index (χ2v) is 9.99. The van der Waals surface area contributed by atoms with Crippen molar-refractivity contribution >= 4 is 51.1 Å². The fraction of sp³-hybridized carbons (Fsp3) is 0.733. The summed E-state index contributed by atoms with van der Waals surface area (Å²) in [4.78, 5) is 9.17. The molecule has 2 heterocycles. The van der Waals surface area contributed by atoms with E-state index in [0.29, 0.717) is 18.9 Å². The summed E-state index contributed by atoms with van der Waals surface area (Å²) in [7, 11) is -2.89. The van der Waals surface area contributed by atoms with Gasteiger partial charge in [-0.2, -0.15) is 0 Å². The van der Waals surface area contributed by atoms with Crippen LogP contribution in [0.4, 0.5) is 0 Å². The molecule has 0 saturated carbocycles. The molecule has 0 spiro atoms. The molecule has 2 N–H and O–H groups in total. The zero-order valence-electron chi connectivity index (χ0n) is 14.6. The number of sulfone groups is 1. The van der Waals surface area contributed by atoms with Gasteiger partial charge in [0.25, 0.3) is 0 Å². The number of halogens is 1. The van der Waals surface area contributed by atoms with Crippen molar-refractivity contribution in [3.05, 3.63) is 16.1 Å². The van der Waals surface area contributed by atoms with Gasteiger partial charge in [0, 0.05) is 23.4 Å². The highest BCUT2D eigenvalue weighted by Gasteiger charge is 2.28. The van der Waals surface area contributed by atoms with E-state index in [9.17, 15) is 8.42 Å². The Morgan fingerprint density at radius 3 is 2.67 bits per heavy atom. The second-order valence-electron chi connectivity index (χ2n) is 6.82. The van der Waals surface area contributed by atoms with E-state index in [0.717, 1.165) is 17.2 Å². The number of hydrogen-bond donors (Lipinski definition) is 2. The molecule has 0 bridgehead atoms. The molecule has 1 aliphatic heterocycles. The van der Waals surface area contributed by atoms with Gasteiger partial charge in [-0.3, -0.25) is 0 Å². The maximum absolute atomic E-state index is 11.5. The largest absolute Gasteiger partial charge is 0.357 e. The van der Waals surface area contributed by atoms with Gasteiger partial charge in [0.15, 0.2) is 15.8 Å². The predicted molar refractivity (Wildman–Crippen MR) is 111 cm³/mol. The average molecular weight is 486 g/mol. The van der Waals surface area contributed by atoms with E-state index in [-0.39, 0.29) is 46.9 Å². The van der Waals surface area contributed by atoms with E-state index in [4.69, 9.17) is 0 Å². The zero-order chi connectivity index (χ0) is 17.1. The molecule has 0 aliphatic carbocycles. The van der Waals surface area contributed by atoms with Crippen LogP contribution in [0.15, 0.2) is 10.4 Å². The lowest BCUT2D eigenvalue weighted by Gasteiger charge is -2.15. The monoisotopic (exact) mass is 486 g/mol. The lowest BCUT2D eigenvalue weighted by Crippen LogP contribution is -2.44. The fourth-order valence-corrected chi connectivity index (χ4v) is 4.91. The molecule has 6 nitrogen and oxygen atoms in total. The van der Waals surface area contributed by atoms with Crippen molar-refractivity contribution in [3.63, 3.8) is 0 Å². The van der Waals surface area contributed by atoms with Gasteiger partial charge in [0.1, 0.15) is 5.01 Å². The minimum Gasteiger partial charge on any atom is -0.357 e. The molecule has 138 valence electrons. The molecule has 0 aromatic carbocycles. The van der Waals surface area contributed by atoms with Gasteiger partial charge in [0.2, 0.25) is 0 Å². The Bertz CT molecular complexity index is 665. The lowest BCUT2D eigenvalue weighted by atomic mass is 9.93. The minimum absolute atomic E-state index is 0. The van der Waals surface area contributed by atoms with Crippen LogP contribution in [0.5, 0.6) is 0 Å². The number of nitrogens with one attached hydrogen (secondary N) is 2. The third kappa shape index (κ3) is 6.47. The van der Waals surface area contributed by atoms with Gasteiger partial charge >= 0.3 is 0 Å². The standard InChI is InChI=1S/C15H26N4O2S2.HI/c1-5-16-14(18-11-6-7-23(20,21)10-11)17-8-13-19-12(9-22-13)15(2,3)4;/h9,11H,5-8,10H2,1-4H3,(H2,16,17,18);1H. The van der Waals surface area contributed by atoms with Crippen LogP contribution >= 0.6 is 35.3 Å². The topological polar surface area (TPSA) is 83.4 Å². The zero-order valence-corrected chi connectivity index (χ0v) is 18.6. The molecular formula is C15H27IN4O2S2. The maximum atomic E-state index is 11.5. The Labute approximate surface area is 165 Å². The van der Waals surface area contributed by atoms with Crippen LogP contribution in [0.1, 0.15) is 44.8 Å². The van der Waals surface area contributed by atoms with Crippen LogP contribution in [0.2, 0.25) is 0 Å². The van der Waals surface area contributed by atoms with E-state index in [1.54, 1.807) is 11.3 Å². The first-order chi connectivity index (χ1) is 10.7. The smallest absolute Gasteiger partial charge is 0.191 e. The van der Waals surface area contributed by atoms with Crippen molar-refractivity contribution in [1.29, 1.82) is 0 Å². The molecule has 1 aliphatic rings. The van der Waals surface area contributed by atoms with Crippen molar-refractivity contribution in [3.8, 4) is 0 Å². The predicted octanol–water partition coefficient (Wildman–Crippen LogP) is 2.30.